The van der Waals surface area contributed by atoms with Crippen LogP contribution >= 0.6 is 0 Å². The Bertz CT molecular complexity index is 1780. The molecule has 0 atom stereocenters. The predicted molar refractivity (Wildman–Crippen MR) is 201 cm³/mol. The van der Waals surface area contributed by atoms with E-state index in [0.29, 0.717) is 23.5 Å². The number of halogens is 1. The Hall–Kier alpha value is -5.49. The highest BCUT2D eigenvalue weighted by molar-refractivity contribution is 6.02. The molecule has 0 saturated heterocycles. The zero-order valence-corrected chi connectivity index (χ0v) is 31.0. The van der Waals surface area contributed by atoms with Gasteiger partial charge in [-0.25, -0.2) is 19.6 Å². The fraction of sp³-hybridized carbons (Fsp3) is 0.333. The molecule has 0 aliphatic heterocycles. The average molecular weight is 707 g/mol. The van der Waals surface area contributed by atoms with Crippen molar-refractivity contribution in [3.8, 4) is 33.9 Å². The normalized spacial score (nSPS) is 9.69. The summed E-state index contributed by atoms with van der Waals surface area (Å²) in [4.78, 5) is 31.1. The third-order valence-corrected chi connectivity index (χ3v) is 6.50. The first-order chi connectivity index (χ1) is 24.8. The van der Waals surface area contributed by atoms with Gasteiger partial charge in [0.05, 0.1) is 43.3 Å². The predicted octanol–water partition coefficient (Wildman–Crippen LogP) is 9.22. The van der Waals surface area contributed by atoms with Crippen molar-refractivity contribution < 1.29 is 38.4 Å². The van der Waals surface area contributed by atoms with E-state index in [1.807, 2.05) is 109 Å². The van der Waals surface area contributed by atoms with Gasteiger partial charge in [0.15, 0.2) is 0 Å². The monoisotopic (exact) mass is 706 g/mol. The van der Waals surface area contributed by atoms with Crippen LogP contribution in [0.2, 0.25) is 0 Å². The Morgan fingerprint density at radius 3 is 1.96 bits per heavy atom. The number of carboxylic acid groups (broad SMARTS) is 2. The van der Waals surface area contributed by atoms with Crippen molar-refractivity contribution in [1.29, 1.82) is 0 Å². The number of aromatic carboxylic acids is 2. The lowest BCUT2D eigenvalue weighted by molar-refractivity contribution is 0.0650. The smallest absolute Gasteiger partial charge is 0.336 e. The summed E-state index contributed by atoms with van der Waals surface area (Å²) >= 11 is 0. The van der Waals surface area contributed by atoms with Gasteiger partial charge in [-0.1, -0.05) is 79.7 Å². The second-order valence-electron chi connectivity index (χ2n) is 9.28. The molecule has 0 saturated carbocycles. The molecular formula is C39H51FN4O7. The summed E-state index contributed by atoms with van der Waals surface area (Å²) in [5.41, 5.74) is 2.84. The maximum Gasteiger partial charge on any atom is 0.336 e. The number of carbonyl (C=O) groups is 2. The van der Waals surface area contributed by atoms with E-state index in [1.165, 1.54) is 12.1 Å². The molecule has 3 N–H and O–H groups in total. The first-order valence-corrected chi connectivity index (χ1v) is 17.2. The lowest BCUT2D eigenvalue weighted by Gasteiger charge is -2.10. The van der Waals surface area contributed by atoms with Crippen LogP contribution in [0.5, 0.6) is 11.5 Å². The highest BCUT2D eigenvalue weighted by Crippen LogP contribution is 2.27. The molecule has 3 aromatic heterocycles. The second-order valence-corrected chi connectivity index (χ2v) is 9.28. The number of imidazole rings is 1. The first kappa shape index (κ1) is 43.5. The number of aromatic nitrogens is 3. The Kier molecular flexibility index (Phi) is 20.3. The number of nitrogens with one attached hydrogen (secondary N) is 1. The van der Waals surface area contributed by atoms with Crippen LogP contribution in [0.15, 0.2) is 79.1 Å². The molecule has 3 heterocycles. The molecule has 0 amide bonds. The number of anilines is 1. The minimum absolute atomic E-state index is 0.123. The summed E-state index contributed by atoms with van der Waals surface area (Å²) in [6.45, 7) is 17.0. The second kappa shape index (κ2) is 23.8. The molecule has 0 bridgehead atoms. The number of methoxy groups -OCH3 is 1. The standard InChI is InChI=1S/C31H27FN4O7.4C2H6/c1-41-22-7-11-28-34-26(18-36(28)17-22)20-4-2-19(3-5-20)23-9-10-27(35-29(23)32)33-12-13-42-14-15-43-21-6-8-24(30(37)38)25(16-21)31(39)40;4*1-2/h2-11,16-18H,12-15H2,1H3,(H,33,35)(H,37,38)(H,39,40);4*1-2H3. The minimum Gasteiger partial charge on any atom is -0.495 e. The van der Waals surface area contributed by atoms with Gasteiger partial charge in [-0.05, 0) is 48.0 Å². The Morgan fingerprint density at radius 2 is 1.35 bits per heavy atom. The van der Waals surface area contributed by atoms with Crippen molar-refractivity contribution >= 4 is 23.4 Å². The fourth-order valence-corrected chi connectivity index (χ4v) is 4.35. The molecule has 0 spiro atoms. The van der Waals surface area contributed by atoms with Gasteiger partial charge in [-0.15, -0.1) is 0 Å². The number of fused-ring (bicyclic) bond motifs is 1. The van der Waals surface area contributed by atoms with Crippen LogP contribution in [0.4, 0.5) is 10.2 Å². The average Bonchev–Trinajstić information content (AvgIpc) is 3.61. The molecule has 5 aromatic rings. The molecule has 11 nitrogen and oxygen atoms in total. The lowest BCUT2D eigenvalue weighted by Crippen LogP contribution is -2.14. The number of pyridine rings is 2. The van der Waals surface area contributed by atoms with Gasteiger partial charge in [0.25, 0.3) is 0 Å². The quantitative estimate of drug-likeness (QED) is 0.0800. The van der Waals surface area contributed by atoms with E-state index in [2.05, 4.69) is 15.3 Å². The highest BCUT2D eigenvalue weighted by atomic mass is 19.1. The van der Waals surface area contributed by atoms with E-state index in [-0.39, 0.29) is 36.7 Å². The molecule has 5 rings (SSSR count). The van der Waals surface area contributed by atoms with Crippen LogP contribution in [-0.4, -0.2) is 70.0 Å². The zero-order valence-electron chi connectivity index (χ0n) is 31.0. The summed E-state index contributed by atoms with van der Waals surface area (Å²) in [7, 11) is 1.61. The van der Waals surface area contributed by atoms with Gasteiger partial charge in [-0.3, -0.25) is 0 Å². The Morgan fingerprint density at radius 1 is 0.725 bits per heavy atom. The largest absolute Gasteiger partial charge is 0.495 e. The summed E-state index contributed by atoms with van der Waals surface area (Å²) in [6, 6.07) is 18.2. The van der Waals surface area contributed by atoms with Crippen LogP contribution < -0.4 is 14.8 Å². The highest BCUT2D eigenvalue weighted by Gasteiger charge is 2.17. The molecule has 12 heteroatoms. The molecule has 0 aliphatic rings. The summed E-state index contributed by atoms with van der Waals surface area (Å²) in [5, 5.41) is 21.3. The van der Waals surface area contributed by atoms with Gasteiger partial charge >= 0.3 is 11.9 Å². The molecule has 0 unspecified atom stereocenters. The Balaban J connectivity index is 0.00000152. The van der Waals surface area contributed by atoms with Crippen molar-refractivity contribution in [2.45, 2.75) is 55.4 Å². The number of hydrogen-bond acceptors (Lipinski definition) is 8. The summed E-state index contributed by atoms with van der Waals surface area (Å²) in [5.74, 6) is -2.00. The van der Waals surface area contributed by atoms with E-state index >= 15 is 0 Å². The number of ether oxygens (including phenoxy) is 3. The zero-order chi connectivity index (χ0) is 38.3. The molecule has 0 fully saturated rings. The van der Waals surface area contributed by atoms with Gasteiger partial charge in [0.1, 0.15) is 29.6 Å². The lowest BCUT2D eigenvalue weighted by atomic mass is 10.0. The van der Waals surface area contributed by atoms with E-state index in [0.717, 1.165) is 28.7 Å². The number of rotatable bonds is 13. The van der Waals surface area contributed by atoms with E-state index < -0.39 is 17.9 Å². The van der Waals surface area contributed by atoms with Crippen LogP contribution in [-0.2, 0) is 4.74 Å². The number of hydrogen-bond donors (Lipinski definition) is 3. The van der Waals surface area contributed by atoms with E-state index in [9.17, 15) is 19.1 Å². The number of carboxylic acids is 2. The van der Waals surface area contributed by atoms with Crippen LogP contribution in [0.1, 0.15) is 76.1 Å². The maximum absolute atomic E-state index is 14.9. The summed E-state index contributed by atoms with van der Waals surface area (Å²) < 4.78 is 32.9. The van der Waals surface area contributed by atoms with Crippen molar-refractivity contribution in [3.63, 3.8) is 0 Å². The minimum atomic E-state index is -1.36. The Labute approximate surface area is 300 Å². The van der Waals surface area contributed by atoms with Crippen LogP contribution in [0.3, 0.4) is 0 Å². The van der Waals surface area contributed by atoms with Gasteiger partial charge < -0.3 is 34.1 Å². The van der Waals surface area contributed by atoms with Crippen molar-refractivity contribution in [2.75, 3.05) is 38.8 Å². The first-order valence-electron chi connectivity index (χ1n) is 17.2. The number of nitrogens with zero attached hydrogens (tertiary/aromatic N) is 3. The van der Waals surface area contributed by atoms with Gasteiger partial charge in [0, 0.05) is 23.9 Å². The maximum atomic E-state index is 14.9. The van der Waals surface area contributed by atoms with Crippen LogP contribution in [0.25, 0.3) is 28.0 Å². The molecule has 0 aliphatic carbocycles. The summed E-state index contributed by atoms with van der Waals surface area (Å²) in [6.07, 6.45) is 3.76. The molecule has 51 heavy (non-hydrogen) atoms. The van der Waals surface area contributed by atoms with Gasteiger partial charge in [0.2, 0.25) is 5.95 Å². The van der Waals surface area contributed by atoms with E-state index in [1.54, 1.807) is 19.2 Å². The molecule has 2 aromatic carbocycles. The SMILES string of the molecule is CC.CC.CC.CC.COc1ccc2nc(-c3ccc(-c4ccc(NCCOCCOc5ccc(C(=O)O)c(C(=O)O)c5)nc4F)cc3)cn2c1. The van der Waals surface area contributed by atoms with Crippen LogP contribution in [0, 0.1) is 5.95 Å². The molecular weight excluding hydrogens is 655 g/mol. The molecule has 276 valence electrons. The van der Waals surface area contributed by atoms with Crippen molar-refractivity contribution in [2.24, 2.45) is 0 Å². The van der Waals surface area contributed by atoms with E-state index in [4.69, 9.17) is 19.3 Å². The third kappa shape index (κ3) is 12.7. The third-order valence-electron chi connectivity index (χ3n) is 6.50. The molecule has 0 radical (unpaired) electrons. The van der Waals surface area contributed by atoms with Crippen molar-refractivity contribution in [1.82, 2.24) is 14.4 Å². The number of benzene rings is 2. The topological polar surface area (TPSA) is 145 Å². The van der Waals surface area contributed by atoms with Crippen molar-refractivity contribution in [3.05, 3.63) is 96.2 Å². The fourth-order valence-electron chi connectivity index (χ4n) is 4.35. The van der Waals surface area contributed by atoms with Gasteiger partial charge in [-0.2, -0.15) is 4.39 Å².